The molecule has 7 amide bonds. The van der Waals surface area contributed by atoms with E-state index in [0.29, 0.717) is 11.7 Å². The molecule has 11 unspecified atom stereocenters. The molecule has 72 heavy (non-hydrogen) atoms. The van der Waals surface area contributed by atoms with Crippen LogP contribution in [-0.2, 0) is 38.4 Å². The third kappa shape index (κ3) is 88.7. The van der Waals surface area contributed by atoms with E-state index in [1.165, 1.54) is 48.5 Å². The van der Waals surface area contributed by atoms with E-state index in [0.717, 1.165) is 69.2 Å². The molecule has 16 heteroatoms. The van der Waals surface area contributed by atoms with Crippen molar-refractivity contribution < 1.29 is 88.8 Å². The molecule has 0 radical (unpaired) electrons. The van der Waals surface area contributed by atoms with E-state index in [4.69, 9.17) is 50.5 Å². The highest BCUT2D eigenvalue weighted by Crippen LogP contribution is 2.07. The molecule has 0 fully saturated rings. The Morgan fingerprint density at radius 1 is 0.389 bits per heavy atom. The molecule has 0 saturated heterocycles. The van der Waals surface area contributed by atoms with Gasteiger partial charge in [0.1, 0.15) is 6.02 Å². The van der Waals surface area contributed by atoms with Crippen molar-refractivity contribution >= 4 is 47.3 Å². The molecule has 430 valence electrons. The van der Waals surface area contributed by atoms with Crippen LogP contribution in [0.2, 0.25) is 4.24 Å². The Morgan fingerprint density at radius 2 is 0.694 bits per heavy atom. The number of rotatable bonds is 22. The monoisotopic (exact) mass is 1070 g/mol. The topological polar surface area (TPSA) is 241 Å². The van der Waals surface area contributed by atoms with Crippen LogP contribution in [0.1, 0.15) is 272 Å². The van der Waals surface area contributed by atoms with E-state index in [-0.39, 0.29) is 40.3 Å². The van der Waals surface area contributed by atoms with E-state index in [9.17, 15) is 38.4 Å². The molecule has 0 rings (SSSR count). The number of hydrogen-bond donors (Lipinski definition) is 8. The molecule has 0 spiro atoms. The first kappa shape index (κ1) is 34.4. The first-order valence-electron chi connectivity index (χ1n) is 39.2. The smallest absolute Gasteiger partial charge is 0.326 e. The summed E-state index contributed by atoms with van der Waals surface area (Å²) in [6.45, 7) is 20.4. The van der Waals surface area contributed by atoms with Crippen molar-refractivity contribution in [1.29, 1.82) is 0 Å². The molecule has 0 aromatic heterocycles. The maximum Gasteiger partial charge on any atom is 0.326 e. The maximum atomic E-state index is 11.0. The second-order valence-electron chi connectivity index (χ2n) is 16.9. The van der Waals surface area contributed by atoms with Gasteiger partial charge < -0.3 is 42.3 Å². The van der Waals surface area contributed by atoms with Gasteiger partial charge in [0, 0.05) is 117 Å². The largest absolute Gasteiger partial charge is 0.480 e. The average Bonchev–Trinajstić information content (AvgIpc) is 0.771. The molecular weight excluding hydrogens is 915 g/mol. The van der Waals surface area contributed by atoms with Crippen molar-refractivity contribution in [3.8, 4) is 0 Å². The number of hydrogen-bond acceptors (Lipinski definition) is 8. The molecule has 8 N–H and O–H groups in total. The van der Waals surface area contributed by atoms with Gasteiger partial charge >= 0.3 is 5.97 Å². The Morgan fingerprint density at radius 3 is 0.958 bits per heavy atom. The summed E-state index contributed by atoms with van der Waals surface area (Å²) < 4.78 is 246. The molecule has 0 aliphatic rings. The van der Waals surface area contributed by atoms with Gasteiger partial charge in [-0.15, -0.1) is 0 Å². The highest BCUT2D eigenvalue weighted by molar-refractivity contribution is 5.82. The Bertz CT molecular complexity index is 2790. The lowest BCUT2D eigenvalue weighted by Gasteiger charge is -2.14. The molecule has 0 bridgehead atoms. The maximum absolute atomic E-state index is 11.0. The zero-order valence-electron chi connectivity index (χ0n) is 80.4. The summed E-state index contributed by atoms with van der Waals surface area (Å²) in [5.41, 5.74) is 0. The van der Waals surface area contributed by atoms with Crippen LogP contribution in [0.15, 0.2) is 0 Å². The number of carboxylic acid groups (broad SMARTS) is 1. The average molecular weight is 1070 g/mol. The fourth-order valence-electron chi connectivity index (χ4n) is 4.84. The summed E-state index contributed by atoms with van der Waals surface area (Å²) in [4.78, 5) is 86.8. The number of aliphatic carboxylic acids is 1. The predicted molar refractivity (Wildman–Crippen MR) is 301 cm³/mol. The summed E-state index contributed by atoms with van der Waals surface area (Å²) in [5.74, 6) is -13.4. The zero-order chi connectivity index (χ0) is 87.6. The normalized spacial score (nSPS) is 26.3. The lowest BCUT2D eigenvalue weighted by molar-refractivity contribution is -0.142. The predicted octanol–water partition coefficient (Wildman–Crippen LogP) is 9.96. The van der Waals surface area contributed by atoms with Crippen LogP contribution in [0.25, 0.3) is 0 Å². The van der Waals surface area contributed by atoms with Gasteiger partial charge in [0.05, 0.1) is 8.22 Å². The van der Waals surface area contributed by atoms with Crippen LogP contribution in [0.3, 0.4) is 0 Å². The van der Waals surface area contributed by atoms with Gasteiger partial charge in [0.2, 0.25) is 41.4 Å². The van der Waals surface area contributed by atoms with E-state index >= 15 is 0 Å². The standard InChI is InChI=1S/C8H15NO3.6C8H17NO/c1-5(2)4-7(8(11)12)9-6(3)10;6*1-6(2)5-7(3)9-8(4)10/h5,7H,4H2,1-3H3,(H,9,10)(H,11,12);6*6-7H,5H2,1-4H3,(H,9,10)/i1D3,5D,7D;5D2,6D,7D;2*1D3,5D2,7D;2*5D2,7D;1D3/hD3. The van der Waals surface area contributed by atoms with Crippen LogP contribution in [0, 0.1) is 41.4 Å². The SMILES string of the molecule is [2H]C(C)(NC(C)=O)C([2H])([2H])C(C)C.[2H]C(CC([2H])(C)C([2H])([2H])[2H])(NC(C)=O)C(=O)O.[2H]C([2H])([2H])C(C)C([2H])([2H])C([2H])(C)NC(C)=O.[2H]C([2H])([2H])C(C)CC(C)NC(C)=O.[2H]N(C(C)=O)C([2H])(C)C([2H])([2H])C(C)C.[2H]N(C(C)=O)C([2H])(C)C([2H])([2H])C(C)C([2H])([2H])[2H].[2H]N(C(C)=O)C([2H])(C)C([2H])([2H])C([2H])(C)C. The summed E-state index contributed by atoms with van der Waals surface area (Å²) in [6.07, 6.45) is -11.2. The number of carbonyl (C=O) groups excluding carboxylic acids is 7. The first-order chi connectivity index (χ1) is 45.1. The molecule has 0 aromatic carbocycles. The van der Waals surface area contributed by atoms with Crippen LogP contribution in [0.4, 0.5) is 0 Å². The summed E-state index contributed by atoms with van der Waals surface area (Å²) in [6, 6.07) is -12.4. The summed E-state index contributed by atoms with van der Waals surface area (Å²) in [5, 5.41) is 18.6. The lowest BCUT2D eigenvalue weighted by atomic mass is 10.0. The van der Waals surface area contributed by atoms with Gasteiger partial charge in [-0.1, -0.05) is 96.6 Å². The van der Waals surface area contributed by atoms with Crippen molar-refractivity contribution in [3.63, 3.8) is 0 Å². The number of nitrogens with one attached hydrogen (secondary N) is 7. The van der Waals surface area contributed by atoms with Crippen molar-refractivity contribution in [2.75, 3.05) is 0 Å². The third-order valence-electron chi connectivity index (χ3n) is 6.18. The van der Waals surface area contributed by atoms with Crippen LogP contribution in [-0.4, -0.2) is 94.6 Å². The molecule has 0 heterocycles. The quantitative estimate of drug-likeness (QED) is 0.0514. The van der Waals surface area contributed by atoms with Gasteiger partial charge in [-0.2, -0.15) is 0 Å². The number of carbonyl (C=O) groups is 8. The molecule has 0 aliphatic heterocycles. The summed E-state index contributed by atoms with van der Waals surface area (Å²) in [7, 11) is 0. The van der Waals surface area contributed by atoms with Gasteiger partial charge in [-0.05, 0) is 128 Å². The van der Waals surface area contributed by atoms with Crippen molar-refractivity contribution in [2.24, 2.45) is 41.4 Å². The van der Waals surface area contributed by atoms with Gasteiger partial charge in [0.15, 0.2) is 4.24 Å². The fourth-order valence-corrected chi connectivity index (χ4v) is 4.84. The van der Waals surface area contributed by atoms with E-state index < -0.39 is 167 Å². The molecular formula is C56H117N7O9. The molecule has 0 saturated carbocycles. The van der Waals surface area contributed by atoms with Crippen molar-refractivity contribution in [3.05, 3.63) is 0 Å². The minimum Gasteiger partial charge on any atom is -0.480 e. The molecule has 0 aromatic rings. The minimum atomic E-state index is -2.74. The Labute approximate surface area is 488 Å². The van der Waals surface area contributed by atoms with Gasteiger partial charge in [-0.25, -0.2) is 4.79 Å². The van der Waals surface area contributed by atoms with E-state index in [1.54, 1.807) is 34.6 Å². The Kier molecular flexibility index (Phi) is 24.0. The number of carboxylic acids is 1. The van der Waals surface area contributed by atoms with Crippen LogP contribution < -0.4 is 37.2 Å². The Balaban J connectivity index is -0.000000214. The van der Waals surface area contributed by atoms with E-state index in [1.807, 2.05) is 12.2 Å². The number of amides is 7. The van der Waals surface area contributed by atoms with Gasteiger partial charge in [-0.3, -0.25) is 33.6 Å². The second-order valence-corrected chi connectivity index (χ2v) is 16.9. The van der Waals surface area contributed by atoms with Crippen LogP contribution in [0.5, 0.6) is 0 Å². The van der Waals surface area contributed by atoms with Crippen molar-refractivity contribution in [1.82, 2.24) is 37.2 Å². The third-order valence-corrected chi connectivity index (χ3v) is 6.18. The van der Waals surface area contributed by atoms with Crippen LogP contribution >= 0.6 is 0 Å². The molecule has 11 atom stereocenters. The zero-order valence-corrected chi connectivity index (χ0v) is 47.4. The second kappa shape index (κ2) is 50.3. The lowest BCUT2D eigenvalue weighted by Crippen LogP contribution is -2.40. The highest BCUT2D eigenvalue weighted by atomic mass is 16.4. The minimum absolute atomic E-state index is 0.0760. The first-order valence-corrected chi connectivity index (χ1v) is 22.9. The Hall–Kier alpha value is -4.24. The molecule has 16 nitrogen and oxygen atoms in total. The van der Waals surface area contributed by atoms with Gasteiger partial charge in [0.25, 0.3) is 0 Å². The van der Waals surface area contributed by atoms with E-state index in [2.05, 4.69) is 16.0 Å². The fraction of sp³-hybridized carbons (Fsp3) is 0.857. The summed E-state index contributed by atoms with van der Waals surface area (Å²) >= 11 is 0. The van der Waals surface area contributed by atoms with Crippen molar-refractivity contribution in [2.45, 2.75) is 274 Å². The highest BCUT2D eigenvalue weighted by Gasteiger charge is 2.19. The molecule has 0 aliphatic carbocycles.